The second-order valence-corrected chi connectivity index (χ2v) is 8.55. The Morgan fingerprint density at radius 3 is 2.23 bits per heavy atom. The lowest BCUT2D eigenvalue weighted by molar-refractivity contribution is 0.352. The van der Waals surface area contributed by atoms with Crippen molar-refractivity contribution in [3.8, 4) is 11.5 Å². The molecule has 142 valence electrons. The molecule has 6 heteroatoms. The van der Waals surface area contributed by atoms with Crippen LogP contribution in [0.1, 0.15) is 31.4 Å². The summed E-state index contributed by atoms with van der Waals surface area (Å²) in [4.78, 5) is 0. The summed E-state index contributed by atoms with van der Waals surface area (Å²) in [5.74, 6) is 1.26. The zero-order chi connectivity index (χ0) is 19.2. The molecule has 2 aromatic carbocycles. The summed E-state index contributed by atoms with van der Waals surface area (Å²) in [6.45, 7) is 3.67. The highest BCUT2D eigenvalue weighted by molar-refractivity contribution is 7.89. The number of sulfonamides is 1. The number of aryl methyl sites for hydroxylation is 1. The summed E-state index contributed by atoms with van der Waals surface area (Å²) in [6.07, 6.45) is 1.31. The highest BCUT2D eigenvalue weighted by Gasteiger charge is 2.27. The van der Waals surface area contributed by atoms with Gasteiger partial charge in [0.2, 0.25) is 10.0 Å². The van der Waals surface area contributed by atoms with Gasteiger partial charge in [0.1, 0.15) is 0 Å². The van der Waals surface area contributed by atoms with Crippen LogP contribution in [0, 0.1) is 0 Å². The summed E-state index contributed by atoms with van der Waals surface area (Å²) >= 11 is 0. The van der Waals surface area contributed by atoms with Gasteiger partial charge in [-0.1, -0.05) is 36.4 Å². The lowest BCUT2D eigenvalue weighted by Gasteiger charge is -2.27. The van der Waals surface area contributed by atoms with Crippen LogP contribution in [0.25, 0.3) is 0 Å². The zero-order valence-electron chi connectivity index (χ0n) is 15.8. The number of nitrogens with one attached hydrogen (secondary N) is 1. The molecule has 0 aliphatic heterocycles. The van der Waals surface area contributed by atoms with E-state index in [-0.39, 0.29) is 5.75 Å². The number of methoxy groups -OCH3 is 2. The van der Waals surface area contributed by atoms with Gasteiger partial charge in [0.05, 0.1) is 25.5 Å². The third-order valence-electron chi connectivity index (χ3n) is 4.24. The van der Waals surface area contributed by atoms with Crippen LogP contribution in [0.4, 0.5) is 0 Å². The van der Waals surface area contributed by atoms with Gasteiger partial charge < -0.3 is 9.47 Å². The summed E-state index contributed by atoms with van der Waals surface area (Å²) in [5, 5.41) is 0. The highest BCUT2D eigenvalue weighted by atomic mass is 32.2. The highest BCUT2D eigenvalue weighted by Crippen LogP contribution is 2.32. The summed E-state index contributed by atoms with van der Waals surface area (Å²) in [5.41, 5.74) is 1.19. The molecule has 0 atom stereocenters. The van der Waals surface area contributed by atoms with Crippen molar-refractivity contribution < 1.29 is 17.9 Å². The summed E-state index contributed by atoms with van der Waals surface area (Å²) in [7, 11) is -0.289. The maximum atomic E-state index is 12.5. The SMILES string of the molecule is COc1ccc(C(C)(C)NS(=O)(=O)CCCc2ccccc2)cc1OC. The molecule has 0 amide bonds. The number of ether oxygens (including phenoxy) is 2. The molecule has 2 rings (SSSR count). The molecule has 0 unspecified atom stereocenters. The largest absolute Gasteiger partial charge is 0.493 e. The molecule has 2 aromatic rings. The van der Waals surface area contributed by atoms with Gasteiger partial charge in [-0.15, -0.1) is 0 Å². The van der Waals surface area contributed by atoms with Crippen molar-refractivity contribution in [2.45, 2.75) is 32.2 Å². The fraction of sp³-hybridized carbons (Fsp3) is 0.400. The average Bonchev–Trinajstić information content (AvgIpc) is 2.60. The Labute approximate surface area is 156 Å². The Bertz CT molecular complexity index is 817. The van der Waals surface area contributed by atoms with Gasteiger partial charge in [-0.25, -0.2) is 13.1 Å². The lowest BCUT2D eigenvalue weighted by atomic mass is 9.95. The van der Waals surface area contributed by atoms with E-state index in [9.17, 15) is 8.42 Å². The van der Waals surface area contributed by atoms with Crippen molar-refractivity contribution in [2.24, 2.45) is 0 Å². The van der Waals surface area contributed by atoms with Crippen LogP contribution in [0.5, 0.6) is 11.5 Å². The maximum Gasteiger partial charge on any atom is 0.212 e. The smallest absolute Gasteiger partial charge is 0.212 e. The average molecular weight is 378 g/mol. The van der Waals surface area contributed by atoms with E-state index in [4.69, 9.17) is 9.47 Å². The second-order valence-electron chi connectivity index (χ2n) is 6.70. The van der Waals surface area contributed by atoms with Crippen molar-refractivity contribution in [1.82, 2.24) is 4.72 Å². The van der Waals surface area contributed by atoms with Crippen LogP contribution in [-0.4, -0.2) is 28.4 Å². The van der Waals surface area contributed by atoms with Crippen LogP contribution < -0.4 is 14.2 Å². The van der Waals surface area contributed by atoms with Gasteiger partial charge in [-0.2, -0.15) is 0 Å². The van der Waals surface area contributed by atoms with E-state index in [0.29, 0.717) is 17.9 Å². The molecule has 0 spiro atoms. The van der Waals surface area contributed by atoms with E-state index in [0.717, 1.165) is 17.5 Å². The van der Waals surface area contributed by atoms with Crippen LogP contribution in [-0.2, 0) is 22.0 Å². The fourth-order valence-corrected chi connectivity index (χ4v) is 4.36. The van der Waals surface area contributed by atoms with Crippen LogP contribution in [0.3, 0.4) is 0 Å². The third-order valence-corrected chi connectivity index (χ3v) is 5.88. The van der Waals surface area contributed by atoms with Gasteiger partial charge in [-0.3, -0.25) is 0 Å². The first kappa shape index (κ1) is 20.3. The minimum atomic E-state index is -3.41. The molecule has 0 aromatic heterocycles. The lowest BCUT2D eigenvalue weighted by Crippen LogP contribution is -2.42. The number of rotatable bonds is 9. The van der Waals surface area contributed by atoms with E-state index in [1.807, 2.05) is 50.2 Å². The molecule has 0 radical (unpaired) electrons. The van der Waals surface area contributed by atoms with E-state index in [1.165, 1.54) is 0 Å². The Morgan fingerprint density at radius 2 is 1.62 bits per heavy atom. The van der Waals surface area contributed by atoms with Crippen molar-refractivity contribution in [3.63, 3.8) is 0 Å². The molecule has 0 saturated carbocycles. The predicted molar refractivity (Wildman–Crippen MR) is 104 cm³/mol. The second kappa shape index (κ2) is 8.56. The first-order chi connectivity index (χ1) is 12.3. The van der Waals surface area contributed by atoms with E-state index in [1.54, 1.807) is 26.4 Å². The Balaban J connectivity index is 2.04. The van der Waals surface area contributed by atoms with Gasteiger partial charge in [0.25, 0.3) is 0 Å². The van der Waals surface area contributed by atoms with Crippen molar-refractivity contribution in [1.29, 1.82) is 0 Å². The van der Waals surface area contributed by atoms with Crippen LogP contribution in [0.2, 0.25) is 0 Å². The van der Waals surface area contributed by atoms with Gasteiger partial charge in [0, 0.05) is 0 Å². The molecule has 0 heterocycles. The Kier molecular flexibility index (Phi) is 6.67. The molecule has 1 N–H and O–H groups in total. The normalized spacial score (nSPS) is 12.0. The Hall–Kier alpha value is -2.05. The first-order valence-electron chi connectivity index (χ1n) is 8.55. The van der Waals surface area contributed by atoms with Gasteiger partial charge >= 0.3 is 0 Å². The molecular weight excluding hydrogens is 350 g/mol. The monoisotopic (exact) mass is 377 g/mol. The van der Waals surface area contributed by atoms with E-state index >= 15 is 0 Å². The summed E-state index contributed by atoms with van der Waals surface area (Å²) in [6, 6.07) is 15.3. The first-order valence-corrected chi connectivity index (χ1v) is 10.2. The molecule has 0 aliphatic carbocycles. The quantitative estimate of drug-likeness (QED) is 0.726. The molecule has 0 fully saturated rings. The molecule has 5 nitrogen and oxygen atoms in total. The standard InChI is InChI=1S/C20H27NO4S/c1-20(2,17-12-13-18(24-3)19(15-17)25-4)21-26(22,23)14-8-11-16-9-6-5-7-10-16/h5-7,9-10,12-13,15,21H,8,11,14H2,1-4H3. The van der Waals surface area contributed by atoms with Crippen LogP contribution in [0.15, 0.2) is 48.5 Å². The Morgan fingerprint density at radius 1 is 0.962 bits per heavy atom. The van der Waals surface area contributed by atoms with E-state index in [2.05, 4.69) is 4.72 Å². The maximum absolute atomic E-state index is 12.5. The van der Waals surface area contributed by atoms with Gasteiger partial charge in [-0.05, 0) is 49.9 Å². The predicted octanol–water partition coefficient (Wildman–Crippen LogP) is 3.49. The molecule has 0 bridgehead atoms. The van der Waals surface area contributed by atoms with Crippen molar-refractivity contribution in [2.75, 3.05) is 20.0 Å². The molecule has 26 heavy (non-hydrogen) atoms. The fourth-order valence-electron chi connectivity index (χ4n) is 2.83. The topological polar surface area (TPSA) is 64.6 Å². The van der Waals surface area contributed by atoms with Crippen molar-refractivity contribution >= 4 is 10.0 Å². The number of hydrogen-bond acceptors (Lipinski definition) is 4. The molecular formula is C20H27NO4S. The minimum Gasteiger partial charge on any atom is -0.493 e. The van der Waals surface area contributed by atoms with E-state index < -0.39 is 15.6 Å². The third kappa shape index (κ3) is 5.47. The van der Waals surface area contributed by atoms with Gasteiger partial charge in [0.15, 0.2) is 11.5 Å². The van der Waals surface area contributed by atoms with Crippen LogP contribution >= 0.6 is 0 Å². The minimum absolute atomic E-state index is 0.0820. The van der Waals surface area contributed by atoms with Crippen molar-refractivity contribution in [3.05, 3.63) is 59.7 Å². The zero-order valence-corrected chi connectivity index (χ0v) is 16.6. The molecule has 0 aliphatic rings. The number of hydrogen-bond donors (Lipinski definition) is 1. The number of benzene rings is 2. The molecule has 0 saturated heterocycles. The summed E-state index contributed by atoms with van der Waals surface area (Å²) < 4.78 is 38.4.